The van der Waals surface area contributed by atoms with E-state index < -0.39 is 0 Å². The first kappa shape index (κ1) is 15.9. The molecule has 6 heteroatoms. The molecular weight excluding hydrogens is 320 g/mol. The van der Waals surface area contributed by atoms with Crippen molar-refractivity contribution in [3.63, 3.8) is 0 Å². The normalized spacial score (nSPS) is 30.2. The highest BCUT2D eigenvalue weighted by atomic mass is 16.5. The molecule has 2 fully saturated rings. The van der Waals surface area contributed by atoms with Crippen LogP contribution in [0.3, 0.4) is 0 Å². The Morgan fingerprint density at radius 3 is 2.20 bits per heavy atom. The third kappa shape index (κ3) is 2.44. The number of fused-ring (bicyclic) bond motifs is 1. The Bertz CT molecular complexity index is 754. The van der Waals surface area contributed by atoms with Gasteiger partial charge in [0.1, 0.15) is 11.5 Å². The number of allylic oxidation sites excluding steroid dienone is 2. The monoisotopic (exact) mass is 340 g/mol. The molecule has 130 valence electrons. The summed E-state index contributed by atoms with van der Waals surface area (Å²) in [6.07, 6.45) is 7.63. The third-order valence-corrected chi connectivity index (χ3v) is 5.49. The maximum atomic E-state index is 12.7. The minimum Gasteiger partial charge on any atom is -0.497 e. The van der Waals surface area contributed by atoms with Gasteiger partial charge in [-0.1, -0.05) is 12.2 Å². The summed E-state index contributed by atoms with van der Waals surface area (Å²) in [6, 6.07) is 5.30. The molecule has 1 heterocycles. The van der Waals surface area contributed by atoms with Gasteiger partial charge in [-0.25, -0.2) is 0 Å². The summed E-state index contributed by atoms with van der Waals surface area (Å²) in [7, 11) is 3.13. The average Bonchev–Trinajstić information content (AvgIpc) is 2.93. The van der Waals surface area contributed by atoms with E-state index in [4.69, 9.17) is 9.47 Å². The van der Waals surface area contributed by atoms with Crippen LogP contribution in [0.5, 0.6) is 11.5 Å². The van der Waals surface area contributed by atoms with Crippen molar-refractivity contribution in [2.75, 3.05) is 14.2 Å². The van der Waals surface area contributed by atoms with Gasteiger partial charge in [0.2, 0.25) is 0 Å². The molecular formula is C19H20N2O4. The maximum absolute atomic E-state index is 12.7. The van der Waals surface area contributed by atoms with Crippen LogP contribution in [0.15, 0.2) is 35.5 Å². The van der Waals surface area contributed by atoms with Crippen molar-refractivity contribution in [1.82, 2.24) is 5.01 Å². The van der Waals surface area contributed by atoms with Crippen molar-refractivity contribution in [2.45, 2.75) is 12.8 Å². The summed E-state index contributed by atoms with van der Waals surface area (Å²) in [6.45, 7) is 0. The predicted octanol–water partition coefficient (Wildman–Crippen LogP) is 2.23. The zero-order valence-corrected chi connectivity index (χ0v) is 14.2. The Kier molecular flexibility index (Phi) is 3.82. The zero-order chi connectivity index (χ0) is 17.6. The number of rotatable bonds is 4. The van der Waals surface area contributed by atoms with Crippen LogP contribution in [0.25, 0.3) is 0 Å². The van der Waals surface area contributed by atoms with Gasteiger partial charge < -0.3 is 9.47 Å². The number of amides is 2. The lowest BCUT2D eigenvalue weighted by molar-refractivity contribution is -0.140. The van der Waals surface area contributed by atoms with Crippen LogP contribution in [0.1, 0.15) is 18.4 Å². The molecule has 5 rings (SSSR count). The molecule has 0 aromatic heterocycles. The van der Waals surface area contributed by atoms with Crippen LogP contribution in [-0.4, -0.2) is 37.3 Å². The van der Waals surface area contributed by atoms with Crippen molar-refractivity contribution < 1.29 is 19.1 Å². The number of hydrogen-bond acceptors (Lipinski definition) is 5. The van der Waals surface area contributed by atoms with Gasteiger partial charge in [0.05, 0.1) is 32.3 Å². The lowest BCUT2D eigenvalue weighted by atomic mass is 9.63. The van der Waals surface area contributed by atoms with Gasteiger partial charge >= 0.3 is 0 Å². The Morgan fingerprint density at radius 2 is 1.68 bits per heavy atom. The van der Waals surface area contributed by atoms with Crippen molar-refractivity contribution in [2.24, 2.45) is 28.8 Å². The van der Waals surface area contributed by atoms with Crippen LogP contribution in [0.2, 0.25) is 0 Å². The number of ether oxygens (including phenoxy) is 2. The van der Waals surface area contributed by atoms with E-state index in [2.05, 4.69) is 17.3 Å². The van der Waals surface area contributed by atoms with Crippen molar-refractivity contribution in [1.29, 1.82) is 0 Å². The number of carbonyl (C=O) groups is 2. The van der Waals surface area contributed by atoms with Gasteiger partial charge in [0, 0.05) is 5.56 Å². The number of methoxy groups -OCH3 is 2. The summed E-state index contributed by atoms with van der Waals surface area (Å²) in [5.74, 6) is 0.705. The fourth-order valence-corrected chi connectivity index (χ4v) is 4.23. The highest BCUT2D eigenvalue weighted by Crippen LogP contribution is 2.49. The van der Waals surface area contributed by atoms with E-state index in [0.717, 1.165) is 17.9 Å². The quantitative estimate of drug-likeness (QED) is 0.479. The van der Waals surface area contributed by atoms with Crippen molar-refractivity contribution in [3.05, 3.63) is 35.9 Å². The fraction of sp³-hybridized carbons (Fsp3) is 0.421. The maximum Gasteiger partial charge on any atom is 0.254 e. The predicted molar refractivity (Wildman–Crippen MR) is 91.3 cm³/mol. The second-order valence-corrected chi connectivity index (χ2v) is 6.68. The number of nitrogens with zero attached hydrogens (tertiary/aromatic N) is 2. The van der Waals surface area contributed by atoms with Gasteiger partial charge in [0.15, 0.2) is 0 Å². The number of hydrogen-bond donors (Lipinski definition) is 0. The minimum absolute atomic E-state index is 0.165. The van der Waals surface area contributed by atoms with E-state index in [1.807, 2.05) is 0 Å². The summed E-state index contributed by atoms with van der Waals surface area (Å²) in [5, 5.41) is 5.25. The van der Waals surface area contributed by atoms with E-state index in [9.17, 15) is 9.59 Å². The van der Waals surface area contributed by atoms with Gasteiger partial charge in [-0.15, -0.1) is 0 Å². The van der Waals surface area contributed by atoms with Gasteiger partial charge in [-0.3, -0.25) is 9.59 Å². The van der Waals surface area contributed by atoms with Crippen LogP contribution in [0, 0.1) is 23.7 Å². The highest BCUT2D eigenvalue weighted by molar-refractivity contribution is 6.06. The van der Waals surface area contributed by atoms with E-state index in [1.54, 1.807) is 32.4 Å². The Labute approximate surface area is 146 Å². The Hall–Kier alpha value is -2.63. The molecule has 1 aromatic carbocycles. The van der Waals surface area contributed by atoms with E-state index >= 15 is 0 Å². The molecule has 1 saturated heterocycles. The molecule has 1 aromatic rings. The molecule has 0 N–H and O–H groups in total. The Morgan fingerprint density at radius 1 is 1.04 bits per heavy atom. The molecule has 6 nitrogen and oxygen atoms in total. The van der Waals surface area contributed by atoms with Gasteiger partial charge in [0.25, 0.3) is 11.8 Å². The van der Waals surface area contributed by atoms with E-state index in [-0.39, 0.29) is 35.5 Å². The zero-order valence-electron chi connectivity index (χ0n) is 14.2. The summed E-state index contributed by atoms with van der Waals surface area (Å²) < 4.78 is 10.5. The van der Waals surface area contributed by atoms with E-state index in [0.29, 0.717) is 17.1 Å². The first-order chi connectivity index (χ1) is 12.1. The molecule has 4 atom stereocenters. The third-order valence-electron chi connectivity index (χ3n) is 5.49. The number of hydrazone groups is 1. The molecule has 0 radical (unpaired) electrons. The lowest BCUT2D eigenvalue weighted by Gasteiger charge is -2.37. The van der Waals surface area contributed by atoms with Crippen LogP contribution in [0.4, 0.5) is 0 Å². The van der Waals surface area contributed by atoms with E-state index in [1.165, 1.54) is 6.21 Å². The highest BCUT2D eigenvalue weighted by Gasteiger charge is 2.56. The lowest BCUT2D eigenvalue weighted by Crippen LogP contribution is -2.38. The average molecular weight is 340 g/mol. The van der Waals surface area contributed by atoms with Crippen LogP contribution >= 0.6 is 0 Å². The van der Waals surface area contributed by atoms with Crippen molar-refractivity contribution in [3.8, 4) is 11.5 Å². The first-order valence-corrected chi connectivity index (χ1v) is 8.46. The second kappa shape index (κ2) is 6.02. The minimum atomic E-state index is -0.249. The molecule has 2 amide bonds. The molecule has 1 saturated carbocycles. The largest absolute Gasteiger partial charge is 0.497 e. The summed E-state index contributed by atoms with van der Waals surface area (Å²) >= 11 is 0. The van der Waals surface area contributed by atoms with Gasteiger partial charge in [-0.05, 0) is 42.9 Å². The standard InChI is InChI=1S/C19H20N2O4/c1-24-14-7-8-15(25-2)13(9-14)10-20-21-18(22)16-11-3-4-12(6-5-11)17(16)19(21)23/h3-4,7-12,16-17H,5-6H2,1-2H3/b20-10-/t11-,12+,16+,17-. The van der Waals surface area contributed by atoms with Crippen LogP contribution < -0.4 is 9.47 Å². The second-order valence-electron chi connectivity index (χ2n) is 6.68. The molecule has 25 heavy (non-hydrogen) atoms. The Balaban J connectivity index is 1.63. The molecule has 4 aliphatic rings. The molecule has 0 spiro atoms. The molecule has 3 aliphatic carbocycles. The SMILES string of the molecule is COc1ccc(OC)c(/C=N\N2C(=O)[C@@H]3[C@H](C2=O)[C@H]2C=C[C@@H]3CC2)c1. The smallest absolute Gasteiger partial charge is 0.254 e. The van der Waals surface area contributed by atoms with Gasteiger partial charge in [-0.2, -0.15) is 10.1 Å². The summed E-state index contributed by atoms with van der Waals surface area (Å²) in [4.78, 5) is 25.5. The molecule has 0 unspecified atom stereocenters. The fourth-order valence-electron chi connectivity index (χ4n) is 4.23. The molecule has 2 bridgehead atoms. The number of imide groups is 1. The molecule has 1 aliphatic heterocycles. The number of carbonyl (C=O) groups excluding carboxylic acids is 2. The summed E-state index contributed by atoms with van der Waals surface area (Å²) in [5.41, 5.74) is 0.651. The topological polar surface area (TPSA) is 68.2 Å². The van der Waals surface area contributed by atoms with Crippen molar-refractivity contribution >= 4 is 18.0 Å². The number of benzene rings is 1. The first-order valence-electron chi connectivity index (χ1n) is 8.46. The van der Waals surface area contributed by atoms with Crippen LogP contribution in [-0.2, 0) is 9.59 Å².